The first-order valence-corrected chi connectivity index (χ1v) is 8.63. The van der Waals surface area contributed by atoms with Crippen molar-refractivity contribution in [2.75, 3.05) is 20.2 Å². The predicted octanol–water partition coefficient (Wildman–Crippen LogP) is 2.73. The first-order chi connectivity index (χ1) is 13.0. The summed E-state index contributed by atoms with van der Waals surface area (Å²) in [5.41, 5.74) is -0.0724. The highest BCUT2D eigenvalue weighted by Crippen LogP contribution is 2.25. The fourth-order valence-electron chi connectivity index (χ4n) is 2.83. The SMILES string of the molecule is COc1ccc(OC2CCCN(C(=O)c3cc([N+](=O)[O-])ccc3Cl)C2)nn1. The second kappa shape index (κ2) is 8.17. The molecule has 0 N–H and O–H groups in total. The smallest absolute Gasteiger partial charge is 0.270 e. The van der Waals surface area contributed by atoms with Crippen molar-refractivity contribution in [2.45, 2.75) is 18.9 Å². The lowest BCUT2D eigenvalue weighted by atomic mass is 10.1. The fourth-order valence-corrected chi connectivity index (χ4v) is 3.03. The Morgan fingerprint density at radius 3 is 2.70 bits per heavy atom. The topological polar surface area (TPSA) is 108 Å². The molecule has 1 fully saturated rings. The van der Waals surface area contributed by atoms with Crippen LogP contribution in [0.3, 0.4) is 0 Å². The lowest BCUT2D eigenvalue weighted by molar-refractivity contribution is -0.384. The molecule has 1 atom stereocenters. The average molecular weight is 393 g/mol. The van der Waals surface area contributed by atoms with E-state index in [9.17, 15) is 14.9 Å². The molecular formula is C17H17ClN4O5. The maximum atomic E-state index is 12.8. The summed E-state index contributed by atoms with van der Waals surface area (Å²) in [4.78, 5) is 24.8. The van der Waals surface area contributed by atoms with Gasteiger partial charge in [0.1, 0.15) is 6.10 Å². The molecule has 10 heteroatoms. The monoisotopic (exact) mass is 392 g/mol. The second-order valence-corrected chi connectivity index (χ2v) is 6.38. The molecule has 0 aliphatic carbocycles. The third-order valence-corrected chi connectivity index (χ3v) is 4.50. The number of aromatic nitrogens is 2. The van der Waals surface area contributed by atoms with Crippen LogP contribution in [0.15, 0.2) is 30.3 Å². The molecule has 1 aromatic carbocycles. The van der Waals surface area contributed by atoms with E-state index in [1.807, 2.05) is 0 Å². The number of non-ortho nitro benzene ring substituents is 1. The number of hydrogen-bond donors (Lipinski definition) is 0. The maximum Gasteiger partial charge on any atom is 0.270 e. The van der Waals surface area contributed by atoms with Gasteiger partial charge in [-0.2, -0.15) is 0 Å². The Balaban J connectivity index is 1.71. The van der Waals surface area contributed by atoms with Gasteiger partial charge in [-0.05, 0) is 18.9 Å². The highest BCUT2D eigenvalue weighted by molar-refractivity contribution is 6.33. The van der Waals surface area contributed by atoms with Crippen molar-refractivity contribution in [2.24, 2.45) is 0 Å². The number of benzene rings is 1. The van der Waals surface area contributed by atoms with E-state index in [-0.39, 0.29) is 28.3 Å². The number of likely N-dealkylation sites (tertiary alicyclic amines) is 1. The van der Waals surface area contributed by atoms with Crippen LogP contribution < -0.4 is 9.47 Å². The van der Waals surface area contributed by atoms with E-state index in [0.717, 1.165) is 12.8 Å². The molecule has 1 aliphatic rings. The van der Waals surface area contributed by atoms with Gasteiger partial charge in [-0.3, -0.25) is 14.9 Å². The van der Waals surface area contributed by atoms with Gasteiger partial charge in [0.2, 0.25) is 11.8 Å². The van der Waals surface area contributed by atoms with Crippen LogP contribution in [0.5, 0.6) is 11.8 Å². The Morgan fingerprint density at radius 2 is 2.04 bits per heavy atom. The average Bonchev–Trinajstić information content (AvgIpc) is 2.68. The quantitative estimate of drug-likeness (QED) is 0.568. The van der Waals surface area contributed by atoms with Crippen LogP contribution in [0.25, 0.3) is 0 Å². The number of rotatable bonds is 5. The van der Waals surface area contributed by atoms with Crippen molar-refractivity contribution in [3.8, 4) is 11.8 Å². The zero-order valence-corrected chi connectivity index (χ0v) is 15.3. The molecule has 1 aromatic heterocycles. The minimum Gasteiger partial charge on any atom is -0.480 e. The van der Waals surface area contributed by atoms with Gasteiger partial charge in [-0.25, -0.2) is 0 Å². The predicted molar refractivity (Wildman–Crippen MR) is 96.2 cm³/mol. The molecule has 0 bridgehead atoms. The maximum absolute atomic E-state index is 12.8. The van der Waals surface area contributed by atoms with Crippen molar-refractivity contribution in [1.29, 1.82) is 0 Å². The third-order valence-electron chi connectivity index (χ3n) is 4.17. The standard InChI is InChI=1S/C17H17ClN4O5/c1-26-15-6-7-16(20-19-15)27-12-3-2-8-21(10-12)17(23)13-9-11(22(24)25)4-5-14(13)18/h4-7,9,12H,2-3,8,10H2,1H3. The van der Waals surface area contributed by atoms with Crippen LogP contribution in [0.4, 0.5) is 5.69 Å². The zero-order valence-electron chi connectivity index (χ0n) is 14.5. The largest absolute Gasteiger partial charge is 0.480 e. The van der Waals surface area contributed by atoms with Crippen LogP contribution in [-0.4, -0.2) is 52.2 Å². The van der Waals surface area contributed by atoms with Gasteiger partial charge in [0, 0.05) is 30.8 Å². The number of piperidine rings is 1. The van der Waals surface area contributed by atoms with Crippen LogP contribution in [0.1, 0.15) is 23.2 Å². The van der Waals surface area contributed by atoms with E-state index in [1.165, 1.54) is 25.3 Å². The molecule has 1 unspecified atom stereocenters. The van der Waals surface area contributed by atoms with Gasteiger partial charge in [-0.1, -0.05) is 11.6 Å². The van der Waals surface area contributed by atoms with E-state index in [4.69, 9.17) is 21.1 Å². The van der Waals surface area contributed by atoms with E-state index in [0.29, 0.717) is 24.8 Å². The number of nitrogens with zero attached hydrogens (tertiary/aromatic N) is 4. The summed E-state index contributed by atoms with van der Waals surface area (Å²) in [7, 11) is 1.49. The minimum absolute atomic E-state index is 0.107. The lowest BCUT2D eigenvalue weighted by Gasteiger charge is -2.32. The molecule has 3 rings (SSSR count). The van der Waals surface area contributed by atoms with E-state index >= 15 is 0 Å². The summed E-state index contributed by atoms with van der Waals surface area (Å²) >= 11 is 6.08. The summed E-state index contributed by atoms with van der Waals surface area (Å²) in [5, 5.41) is 18.9. The van der Waals surface area contributed by atoms with Gasteiger partial charge in [0.25, 0.3) is 11.6 Å². The summed E-state index contributed by atoms with van der Waals surface area (Å²) in [6.07, 6.45) is 1.22. The molecule has 1 amide bonds. The van der Waals surface area contributed by atoms with Gasteiger partial charge < -0.3 is 14.4 Å². The van der Waals surface area contributed by atoms with Crippen molar-refractivity contribution in [1.82, 2.24) is 15.1 Å². The Kier molecular flexibility index (Phi) is 5.70. The third kappa shape index (κ3) is 4.43. The number of methoxy groups -OCH3 is 1. The Bertz CT molecular complexity index is 846. The molecule has 142 valence electrons. The number of ether oxygens (including phenoxy) is 2. The van der Waals surface area contributed by atoms with Crippen molar-refractivity contribution in [3.05, 3.63) is 51.0 Å². The summed E-state index contributed by atoms with van der Waals surface area (Å²) in [6, 6.07) is 7.10. The van der Waals surface area contributed by atoms with Gasteiger partial charge in [0.05, 0.1) is 29.2 Å². The van der Waals surface area contributed by atoms with Crippen LogP contribution in [0, 0.1) is 10.1 Å². The molecule has 1 aliphatic heterocycles. The van der Waals surface area contributed by atoms with E-state index < -0.39 is 4.92 Å². The first kappa shape index (κ1) is 18.8. The number of carbonyl (C=O) groups excluding carboxylic acids is 1. The highest BCUT2D eigenvalue weighted by Gasteiger charge is 2.28. The highest BCUT2D eigenvalue weighted by atomic mass is 35.5. The summed E-state index contributed by atoms with van der Waals surface area (Å²) in [6.45, 7) is 0.845. The van der Waals surface area contributed by atoms with E-state index in [2.05, 4.69) is 10.2 Å². The summed E-state index contributed by atoms with van der Waals surface area (Å²) in [5.74, 6) is 0.351. The number of carbonyl (C=O) groups is 1. The molecule has 1 saturated heterocycles. The molecule has 0 saturated carbocycles. The molecular weight excluding hydrogens is 376 g/mol. The number of hydrogen-bond acceptors (Lipinski definition) is 7. The Morgan fingerprint density at radius 1 is 1.30 bits per heavy atom. The van der Waals surface area contributed by atoms with Crippen molar-refractivity contribution >= 4 is 23.2 Å². The normalized spacial score (nSPS) is 16.7. The minimum atomic E-state index is -0.558. The number of halogens is 1. The van der Waals surface area contributed by atoms with Crippen molar-refractivity contribution in [3.63, 3.8) is 0 Å². The molecule has 27 heavy (non-hydrogen) atoms. The second-order valence-electron chi connectivity index (χ2n) is 5.97. The molecule has 0 radical (unpaired) electrons. The van der Waals surface area contributed by atoms with Gasteiger partial charge in [0.15, 0.2) is 0 Å². The lowest BCUT2D eigenvalue weighted by Crippen LogP contribution is -2.44. The Labute approximate surface area is 160 Å². The molecule has 2 heterocycles. The molecule has 9 nitrogen and oxygen atoms in total. The molecule has 0 spiro atoms. The zero-order chi connectivity index (χ0) is 19.4. The summed E-state index contributed by atoms with van der Waals surface area (Å²) < 4.78 is 10.8. The van der Waals surface area contributed by atoms with E-state index in [1.54, 1.807) is 17.0 Å². The molecule has 2 aromatic rings. The van der Waals surface area contributed by atoms with Gasteiger partial charge >= 0.3 is 0 Å². The van der Waals surface area contributed by atoms with Crippen molar-refractivity contribution < 1.29 is 19.2 Å². The van der Waals surface area contributed by atoms with Crippen LogP contribution >= 0.6 is 11.6 Å². The first-order valence-electron chi connectivity index (χ1n) is 8.25. The van der Waals surface area contributed by atoms with Crippen LogP contribution in [-0.2, 0) is 0 Å². The number of nitro benzene ring substituents is 1. The van der Waals surface area contributed by atoms with Gasteiger partial charge in [-0.15, -0.1) is 10.2 Å². The number of nitro groups is 1. The van der Waals surface area contributed by atoms with Crippen LogP contribution in [0.2, 0.25) is 5.02 Å². The Hall–Kier alpha value is -2.94. The number of amides is 1. The fraction of sp³-hybridized carbons (Fsp3) is 0.353.